The molecule has 3 nitrogen and oxygen atoms in total. The van der Waals surface area contributed by atoms with E-state index in [-0.39, 0.29) is 0 Å². The van der Waals surface area contributed by atoms with Crippen molar-refractivity contribution in [1.82, 2.24) is 10.2 Å². The van der Waals surface area contributed by atoms with Gasteiger partial charge in [0.1, 0.15) is 0 Å². The Balaban J connectivity index is 1.53. The predicted octanol–water partition coefficient (Wildman–Crippen LogP) is 3.43. The fourth-order valence-corrected chi connectivity index (χ4v) is 3.15. The quantitative estimate of drug-likeness (QED) is 0.759. The molecule has 1 aliphatic heterocycles. The Morgan fingerprint density at radius 1 is 1.14 bits per heavy atom. The van der Waals surface area contributed by atoms with E-state index >= 15 is 0 Å². The van der Waals surface area contributed by atoms with Gasteiger partial charge in [0.15, 0.2) is 0 Å². The third kappa shape index (κ3) is 6.47. The Labute approximate surface area is 137 Å². The molecule has 2 rings (SSSR count). The van der Waals surface area contributed by atoms with Crippen molar-refractivity contribution in [2.24, 2.45) is 0 Å². The molecule has 1 aliphatic rings. The first kappa shape index (κ1) is 16.9. The summed E-state index contributed by atoms with van der Waals surface area (Å²) >= 11 is 3.46. The van der Waals surface area contributed by atoms with E-state index in [0.717, 1.165) is 30.7 Å². The van der Waals surface area contributed by atoms with Gasteiger partial charge in [0.25, 0.3) is 0 Å². The second-order valence-electron chi connectivity index (χ2n) is 6.03. The van der Waals surface area contributed by atoms with Gasteiger partial charge < -0.3 is 10.1 Å². The van der Waals surface area contributed by atoms with E-state index in [1.54, 1.807) is 0 Å². The van der Waals surface area contributed by atoms with E-state index in [9.17, 15) is 0 Å². The Bertz CT molecular complexity index is 400. The van der Waals surface area contributed by atoms with Gasteiger partial charge >= 0.3 is 0 Å². The molecule has 4 heteroatoms. The lowest BCUT2D eigenvalue weighted by Gasteiger charge is -2.35. The van der Waals surface area contributed by atoms with Gasteiger partial charge in [-0.05, 0) is 57.5 Å². The van der Waals surface area contributed by atoms with Crippen molar-refractivity contribution in [2.45, 2.75) is 45.4 Å². The number of morpholine rings is 1. The molecule has 1 N–H and O–H groups in total. The van der Waals surface area contributed by atoms with E-state index < -0.39 is 0 Å². The van der Waals surface area contributed by atoms with Crippen LogP contribution in [0, 0.1) is 0 Å². The second-order valence-corrected chi connectivity index (χ2v) is 6.94. The number of rotatable bonds is 7. The molecule has 0 unspecified atom stereocenters. The molecule has 0 bridgehead atoms. The predicted molar refractivity (Wildman–Crippen MR) is 91.5 cm³/mol. The van der Waals surface area contributed by atoms with Gasteiger partial charge in [-0.25, -0.2) is 0 Å². The highest BCUT2D eigenvalue weighted by atomic mass is 79.9. The average Bonchev–Trinajstić information content (AvgIpc) is 2.43. The number of benzene rings is 1. The van der Waals surface area contributed by atoms with Gasteiger partial charge in [0.2, 0.25) is 0 Å². The molecule has 0 aliphatic carbocycles. The maximum atomic E-state index is 5.76. The summed E-state index contributed by atoms with van der Waals surface area (Å²) in [5.74, 6) is 0. The van der Waals surface area contributed by atoms with Gasteiger partial charge in [-0.15, -0.1) is 0 Å². The Kier molecular flexibility index (Phi) is 7.17. The highest BCUT2D eigenvalue weighted by Gasteiger charge is 2.21. The zero-order chi connectivity index (χ0) is 15.1. The van der Waals surface area contributed by atoms with Crippen LogP contribution in [0.15, 0.2) is 28.7 Å². The van der Waals surface area contributed by atoms with Gasteiger partial charge in [-0.2, -0.15) is 0 Å². The van der Waals surface area contributed by atoms with Crippen LogP contribution in [-0.2, 0) is 11.3 Å². The minimum Gasteiger partial charge on any atom is -0.373 e. The van der Waals surface area contributed by atoms with Crippen LogP contribution < -0.4 is 5.32 Å². The van der Waals surface area contributed by atoms with Gasteiger partial charge in [-0.3, -0.25) is 4.90 Å². The van der Waals surface area contributed by atoms with Gasteiger partial charge in [0, 0.05) is 24.1 Å². The lowest BCUT2D eigenvalue weighted by atomic mass is 10.2. The molecule has 0 aromatic heterocycles. The lowest BCUT2D eigenvalue weighted by Crippen LogP contribution is -2.45. The standard InChI is InChI=1S/C17H27BrN2O/c1-14-12-20(13-15(2)21-14)10-4-3-9-19-11-16-5-7-17(18)8-6-16/h5-8,14-15,19H,3-4,9-13H2,1-2H3/t14-,15-/m0/s1. The Morgan fingerprint density at radius 3 is 2.48 bits per heavy atom. The van der Waals surface area contributed by atoms with Crippen LogP contribution in [0.4, 0.5) is 0 Å². The van der Waals surface area contributed by atoms with Crippen LogP contribution in [0.2, 0.25) is 0 Å². The second kappa shape index (κ2) is 8.89. The van der Waals surface area contributed by atoms with Crippen LogP contribution in [0.3, 0.4) is 0 Å². The molecule has 0 saturated carbocycles. The SMILES string of the molecule is C[C@H]1CN(CCCCNCc2ccc(Br)cc2)C[C@H](C)O1. The molecule has 0 spiro atoms. The van der Waals surface area contributed by atoms with Gasteiger partial charge in [-0.1, -0.05) is 28.1 Å². The number of nitrogens with zero attached hydrogens (tertiary/aromatic N) is 1. The van der Waals surface area contributed by atoms with Crippen LogP contribution >= 0.6 is 15.9 Å². The molecule has 1 fully saturated rings. The fraction of sp³-hybridized carbons (Fsp3) is 0.647. The van der Waals surface area contributed by atoms with Crippen LogP contribution in [0.5, 0.6) is 0 Å². The van der Waals surface area contributed by atoms with E-state index in [2.05, 4.69) is 64.3 Å². The molecule has 1 heterocycles. The summed E-state index contributed by atoms with van der Waals surface area (Å²) < 4.78 is 6.90. The summed E-state index contributed by atoms with van der Waals surface area (Å²) in [7, 11) is 0. The van der Waals surface area contributed by atoms with Crippen LogP contribution in [-0.4, -0.2) is 43.3 Å². The third-order valence-corrected chi connectivity index (χ3v) is 4.34. The third-order valence-electron chi connectivity index (χ3n) is 3.82. The van der Waals surface area contributed by atoms with E-state index in [0.29, 0.717) is 12.2 Å². The summed E-state index contributed by atoms with van der Waals surface area (Å²) in [5, 5.41) is 3.52. The topological polar surface area (TPSA) is 24.5 Å². The summed E-state index contributed by atoms with van der Waals surface area (Å²) in [6.07, 6.45) is 3.25. The van der Waals surface area contributed by atoms with Crippen molar-refractivity contribution in [3.63, 3.8) is 0 Å². The monoisotopic (exact) mass is 354 g/mol. The minimum atomic E-state index is 0.379. The molecule has 1 aromatic carbocycles. The van der Waals surface area contributed by atoms with E-state index in [4.69, 9.17) is 4.74 Å². The number of nitrogens with one attached hydrogen (secondary N) is 1. The molecule has 2 atom stereocenters. The first-order valence-corrected chi connectivity index (χ1v) is 8.76. The number of ether oxygens (including phenoxy) is 1. The highest BCUT2D eigenvalue weighted by molar-refractivity contribution is 9.10. The minimum absolute atomic E-state index is 0.379. The Morgan fingerprint density at radius 2 is 1.81 bits per heavy atom. The smallest absolute Gasteiger partial charge is 0.0678 e. The lowest BCUT2D eigenvalue weighted by molar-refractivity contribution is -0.0681. The van der Waals surface area contributed by atoms with Crippen LogP contribution in [0.1, 0.15) is 32.3 Å². The van der Waals surface area contributed by atoms with Crippen molar-refractivity contribution in [3.05, 3.63) is 34.3 Å². The summed E-state index contributed by atoms with van der Waals surface area (Å²) in [4.78, 5) is 2.54. The van der Waals surface area contributed by atoms with Crippen molar-refractivity contribution in [2.75, 3.05) is 26.2 Å². The molecule has 0 radical (unpaired) electrons. The number of unbranched alkanes of at least 4 members (excludes halogenated alkanes) is 1. The summed E-state index contributed by atoms with van der Waals surface area (Å²) in [6, 6.07) is 8.51. The normalized spacial score (nSPS) is 23.4. The first-order valence-electron chi connectivity index (χ1n) is 7.96. The molecule has 118 valence electrons. The van der Waals surface area contributed by atoms with Crippen molar-refractivity contribution < 1.29 is 4.74 Å². The summed E-state index contributed by atoms with van der Waals surface area (Å²) in [6.45, 7) is 9.74. The molecular weight excluding hydrogens is 328 g/mol. The maximum absolute atomic E-state index is 5.76. The molecule has 21 heavy (non-hydrogen) atoms. The average molecular weight is 355 g/mol. The zero-order valence-corrected chi connectivity index (χ0v) is 14.7. The largest absolute Gasteiger partial charge is 0.373 e. The van der Waals surface area contributed by atoms with E-state index in [1.165, 1.54) is 24.9 Å². The molecular formula is C17H27BrN2O. The van der Waals surface area contributed by atoms with E-state index in [1.807, 2.05) is 0 Å². The zero-order valence-electron chi connectivity index (χ0n) is 13.1. The van der Waals surface area contributed by atoms with Gasteiger partial charge in [0.05, 0.1) is 12.2 Å². The first-order chi connectivity index (χ1) is 10.1. The number of hydrogen-bond acceptors (Lipinski definition) is 3. The summed E-state index contributed by atoms with van der Waals surface area (Å²) in [5.41, 5.74) is 1.34. The van der Waals surface area contributed by atoms with Crippen molar-refractivity contribution in [1.29, 1.82) is 0 Å². The fourth-order valence-electron chi connectivity index (χ4n) is 2.89. The van der Waals surface area contributed by atoms with Crippen LogP contribution in [0.25, 0.3) is 0 Å². The molecule has 1 saturated heterocycles. The Hall–Kier alpha value is -0.420. The molecule has 0 amide bonds. The number of hydrogen-bond donors (Lipinski definition) is 1. The highest BCUT2D eigenvalue weighted by Crippen LogP contribution is 2.11. The number of halogens is 1. The van der Waals surface area contributed by atoms with Crippen molar-refractivity contribution in [3.8, 4) is 0 Å². The van der Waals surface area contributed by atoms with Crippen molar-refractivity contribution >= 4 is 15.9 Å². The molecule has 1 aromatic rings. The maximum Gasteiger partial charge on any atom is 0.0678 e.